The topological polar surface area (TPSA) is 26.3 Å². The van der Waals surface area contributed by atoms with Crippen LogP contribution in [0.1, 0.15) is 76.4 Å². The summed E-state index contributed by atoms with van der Waals surface area (Å²) in [6, 6.07) is 3.80. The van der Waals surface area contributed by atoms with Crippen molar-refractivity contribution in [3.63, 3.8) is 0 Å². The SMILES string of the molecule is CCOc1cc2c(cc1C(=O)C(C)F)C(C(C)(C)C)=CCC2(C)C. The standard InChI is InChI=1S/C21H29FO2/c1-8-24-18-12-17-14(11-15(18)19(23)13(2)22)16(20(3,4)5)9-10-21(17,6)7/h9,11-13H,8,10H2,1-7H3. The van der Waals surface area contributed by atoms with Gasteiger partial charge in [0.1, 0.15) is 5.75 Å². The highest BCUT2D eigenvalue weighted by Crippen LogP contribution is 2.47. The Labute approximate surface area is 145 Å². The summed E-state index contributed by atoms with van der Waals surface area (Å²) < 4.78 is 19.4. The maximum atomic E-state index is 13.7. The second kappa shape index (κ2) is 6.34. The number of ketones is 1. The molecule has 0 bridgehead atoms. The van der Waals surface area contributed by atoms with Gasteiger partial charge in [-0.3, -0.25) is 4.79 Å². The molecule has 3 heteroatoms. The third-order valence-electron chi connectivity index (χ3n) is 4.69. The van der Waals surface area contributed by atoms with Crippen molar-refractivity contribution in [3.05, 3.63) is 34.9 Å². The van der Waals surface area contributed by atoms with Crippen LogP contribution in [0.5, 0.6) is 5.75 Å². The molecule has 0 amide bonds. The molecular weight excluding hydrogens is 303 g/mol. The number of halogens is 1. The molecule has 2 rings (SSSR count). The summed E-state index contributed by atoms with van der Waals surface area (Å²) >= 11 is 0. The highest BCUT2D eigenvalue weighted by molar-refractivity contribution is 6.02. The number of fused-ring (bicyclic) bond motifs is 1. The molecule has 0 spiro atoms. The molecule has 0 saturated heterocycles. The fraction of sp³-hybridized carbons (Fsp3) is 0.571. The molecule has 2 nitrogen and oxygen atoms in total. The summed E-state index contributed by atoms with van der Waals surface area (Å²) in [4.78, 5) is 12.4. The van der Waals surface area contributed by atoms with Gasteiger partial charge in [0.15, 0.2) is 12.0 Å². The van der Waals surface area contributed by atoms with E-state index in [0.29, 0.717) is 17.9 Å². The number of carbonyl (C=O) groups is 1. The summed E-state index contributed by atoms with van der Waals surface area (Å²) in [5.41, 5.74) is 3.69. The second-order valence-corrected chi connectivity index (χ2v) is 8.26. The molecule has 1 aromatic carbocycles. The molecule has 24 heavy (non-hydrogen) atoms. The molecule has 1 aromatic rings. The minimum atomic E-state index is -1.54. The molecule has 1 unspecified atom stereocenters. The number of rotatable bonds is 4. The van der Waals surface area contributed by atoms with Crippen LogP contribution in [-0.4, -0.2) is 18.6 Å². The number of carbonyl (C=O) groups excluding carboxylic acids is 1. The number of benzene rings is 1. The lowest BCUT2D eigenvalue weighted by Gasteiger charge is -2.37. The number of hydrogen-bond acceptors (Lipinski definition) is 2. The molecule has 0 fully saturated rings. The largest absolute Gasteiger partial charge is 0.493 e. The van der Waals surface area contributed by atoms with Gasteiger partial charge < -0.3 is 4.74 Å². The van der Waals surface area contributed by atoms with Crippen LogP contribution in [0.25, 0.3) is 5.57 Å². The third-order valence-corrected chi connectivity index (χ3v) is 4.69. The summed E-state index contributed by atoms with van der Waals surface area (Å²) in [5.74, 6) is -0.0214. The predicted molar refractivity (Wildman–Crippen MR) is 97.6 cm³/mol. The molecule has 132 valence electrons. The van der Waals surface area contributed by atoms with E-state index in [4.69, 9.17) is 4.74 Å². The van der Waals surface area contributed by atoms with E-state index >= 15 is 0 Å². The Kier molecular flexibility index (Phi) is 4.94. The third kappa shape index (κ3) is 3.40. The van der Waals surface area contributed by atoms with Crippen molar-refractivity contribution in [2.75, 3.05) is 6.61 Å². The van der Waals surface area contributed by atoms with Crippen molar-refractivity contribution in [1.82, 2.24) is 0 Å². The molecular formula is C21H29FO2. The van der Waals surface area contributed by atoms with Gasteiger partial charge in [-0.05, 0) is 59.9 Å². The van der Waals surface area contributed by atoms with Crippen molar-refractivity contribution >= 4 is 11.4 Å². The first-order valence-electron chi connectivity index (χ1n) is 8.69. The van der Waals surface area contributed by atoms with Gasteiger partial charge in [0.05, 0.1) is 12.2 Å². The van der Waals surface area contributed by atoms with E-state index in [1.807, 2.05) is 19.1 Å². The van der Waals surface area contributed by atoms with Crippen LogP contribution in [-0.2, 0) is 5.41 Å². The Bertz CT molecular complexity index is 676. The van der Waals surface area contributed by atoms with Crippen LogP contribution >= 0.6 is 0 Å². The molecule has 0 heterocycles. The lowest BCUT2D eigenvalue weighted by molar-refractivity contribution is 0.0888. The average Bonchev–Trinajstić information content (AvgIpc) is 2.45. The van der Waals surface area contributed by atoms with Crippen LogP contribution in [0.3, 0.4) is 0 Å². The first-order valence-corrected chi connectivity index (χ1v) is 8.69. The molecule has 0 N–H and O–H groups in total. The van der Waals surface area contributed by atoms with Crippen molar-refractivity contribution in [1.29, 1.82) is 0 Å². The molecule has 1 aliphatic carbocycles. The smallest absolute Gasteiger partial charge is 0.200 e. The van der Waals surface area contributed by atoms with Gasteiger partial charge in [-0.2, -0.15) is 0 Å². The maximum Gasteiger partial charge on any atom is 0.200 e. The zero-order chi connectivity index (χ0) is 18.3. The minimum Gasteiger partial charge on any atom is -0.493 e. The molecule has 0 aromatic heterocycles. The Morgan fingerprint density at radius 2 is 1.96 bits per heavy atom. The number of alkyl halides is 1. The van der Waals surface area contributed by atoms with Gasteiger partial charge in [0, 0.05) is 0 Å². The van der Waals surface area contributed by atoms with E-state index in [2.05, 4.69) is 40.7 Å². The minimum absolute atomic E-state index is 0.0416. The first kappa shape index (κ1) is 18.7. The Hall–Kier alpha value is -1.64. The van der Waals surface area contributed by atoms with E-state index in [0.717, 1.165) is 12.0 Å². The molecule has 0 aliphatic heterocycles. The number of ether oxygens (including phenoxy) is 1. The quantitative estimate of drug-likeness (QED) is 0.657. The second-order valence-electron chi connectivity index (χ2n) is 8.26. The highest BCUT2D eigenvalue weighted by Gasteiger charge is 2.34. The summed E-state index contributed by atoms with van der Waals surface area (Å²) in [7, 11) is 0. The van der Waals surface area contributed by atoms with E-state index in [9.17, 15) is 9.18 Å². The van der Waals surface area contributed by atoms with Crippen molar-refractivity contribution < 1.29 is 13.9 Å². The van der Waals surface area contributed by atoms with Crippen LogP contribution in [0.4, 0.5) is 4.39 Å². The van der Waals surface area contributed by atoms with Crippen molar-refractivity contribution in [2.24, 2.45) is 5.41 Å². The van der Waals surface area contributed by atoms with Gasteiger partial charge in [-0.25, -0.2) is 4.39 Å². The van der Waals surface area contributed by atoms with Gasteiger partial charge in [0.2, 0.25) is 0 Å². The maximum absolute atomic E-state index is 13.7. The Morgan fingerprint density at radius 1 is 1.33 bits per heavy atom. The zero-order valence-electron chi connectivity index (χ0n) is 15.9. The van der Waals surface area contributed by atoms with Crippen LogP contribution in [0.15, 0.2) is 18.2 Å². The van der Waals surface area contributed by atoms with Crippen molar-refractivity contribution in [3.8, 4) is 5.75 Å². The van der Waals surface area contributed by atoms with Gasteiger partial charge in [0.25, 0.3) is 0 Å². The first-order chi connectivity index (χ1) is 11.0. The number of Topliss-reactive ketones (excluding diaryl/α,β-unsaturated/α-hetero) is 1. The van der Waals surface area contributed by atoms with Gasteiger partial charge >= 0.3 is 0 Å². The summed E-state index contributed by atoms with van der Waals surface area (Å²) in [6.45, 7) is 14.5. The number of allylic oxidation sites excluding steroid dienone is 2. The molecule has 1 atom stereocenters. The lowest BCUT2D eigenvalue weighted by atomic mass is 9.67. The molecule has 0 radical (unpaired) electrons. The lowest BCUT2D eigenvalue weighted by Crippen LogP contribution is -2.26. The molecule has 0 saturated carbocycles. The van der Waals surface area contributed by atoms with E-state index in [1.54, 1.807) is 0 Å². The van der Waals surface area contributed by atoms with Gasteiger partial charge in [-0.1, -0.05) is 40.7 Å². The fourth-order valence-corrected chi connectivity index (χ4v) is 3.33. The van der Waals surface area contributed by atoms with Crippen molar-refractivity contribution in [2.45, 2.75) is 66.5 Å². The average molecular weight is 332 g/mol. The van der Waals surface area contributed by atoms with E-state index < -0.39 is 12.0 Å². The monoisotopic (exact) mass is 332 g/mol. The van der Waals surface area contributed by atoms with E-state index in [-0.39, 0.29) is 10.8 Å². The predicted octanol–water partition coefficient (Wildman–Crippen LogP) is 5.74. The highest BCUT2D eigenvalue weighted by atomic mass is 19.1. The van der Waals surface area contributed by atoms with E-state index in [1.165, 1.54) is 18.1 Å². The normalized spacial score (nSPS) is 17.8. The Balaban J connectivity index is 2.75. The molecule has 1 aliphatic rings. The van der Waals surface area contributed by atoms with Gasteiger partial charge in [-0.15, -0.1) is 0 Å². The number of hydrogen-bond donors (Lipinski definition) is 0. The fourth-order valence-electron chi connectivity index (χ4n) is 3.33. The van der Waals surface area contributed by atoms with Crippen LogP contribution in [0, 0.1) is 5.41 Å². The summed E-state index contributed by atoms with van der Waals surface area (Å²) in [5, 5.41) is 0. The Morgan fingerprint density at radius 3 is 2.46 bits per heavy atom. The van der Waals surface area contributed by atoms with Crippen LogP contribution in [0.2, 0.25) is 0 Å². The zero-order valence-corrected chi connectivity index (χ0v) is 15.9. The summed E-state index contributed by atoms with van der Waals surface area (Å²) in [6.07, 6.45) is 1.65. The van der Waals surface area contributed by atoms with Crippen LogP contribution < -0.4 is 4.74 Å².